The van der Waals surface area contributed by atoms with Crippen LogP contribution in [0.3, 0.4) is 0 Å². The summed E-state index contributed by atoms with van der Waals surface area (Å²) in [6, 6.07) is 0. The number of esters is 4. The summed E-state index contributed by atoms with van der Waals surface area (Å²) in [4.78, 5) is 72.8. The van der Waals surface area contributed by atoms with E-state index in [4.69, 9.17) is 37.0 Å². The zero-order valence-corrected chi connectivity index (χ0v) is 64.1. The maximum absolute atomic E-state index is 13.1. The molecule has 0 aliphatic heterocycles. The number of ether oxygens (including phenoxy) is 4. The lowest BCUT2D eigenvalue weighted by molar-refractivity contribution is -0.161. The van der Waals surface area contributed by atoms with Crippen molar-refractivity contribution in [3.8, 4) is 0 Å². The van der Waals surface area contributed by atoms with Crippen molar-refractivity contribution in [3.63, 3.8) is 0 Å². The predicted octanol–water partition coefficient (Wildman–Crippen LogP) is 22.0. The normalized spacial score (nSPS) is 14.1. The van der Waals surface area contributed by atoms with Crippen molar-refractivity contribution in [1.82, 2.24) is 0 Å². The topological polar surface area (TPSA) is 237 Å². The summed E-state index contributed by atoms with van der Waals surface area (Å²) in [5, 5.41) is 10.6. The second-order valence-electron chi connectivity index (χ2n) is 29.3. The Morgan fingerprint density at radius 3 is 0.653 bits per heavy atom. The fraction of sp³-hybridized carbons (Fsp3) is 0.947. The third-order valence-corrected chi connectivity index (χ3v) is 19.5. The van der Waals surface area contributed by atoms with Crippen LogP contribution >= 0.6 is 15.6 Å². The molecule has 0 amide bonds. The van der Waals surface area contributed by atoms with Crippen LogP contribution in [0.15, 0.2) is 0 Å². The first kappa shape index (κ1) is 93.1. The molecule has 0 aliphatic rings. The van der Waals surface area contributed by atoms with Crippen molar-refractivity contribution >= 4 is 39.5 Å². The summed E-state index contributed by atoms with van der Waals surface area (Å²) >= 11 is 0. The van der Waals surface area contributed by atoms with E-state index in [2.05, 4.69) is 55.4 Å². The van der Waals surface area contributed by atoms with Crippen molar-refractivity contribution in [2.45, 2.75) is 401 Å². The first-order valence-corrected chi connectivity index (χ1v) is 42.2. The van der Waals surface area contributed by atoms with E-state index in [-0.39, 0.29) is 25.7 Å². The largest absolute Gasteiger partial charge is 0.472 e. The molecule has 5 atom stereocenters. The Kier molecular flexibility index (Phi) is 64.0. The highest BCUT2D eigenvalue weighted by Crippen LogP contribution is 2.45. The van der Waals surface area contributed by atoms with Gasteiger partial charge in [0.1, 0.15) is 19.3 Å². The number of hydrogen-bond donors (Lipinski definition) is 3. The molecule has 95 heavy (non-hydrogen) atoms. The summed E-state index contributed by atoms with van der Waals surface area (Å²) in [5.74, 6) is 0.926. The molecule has 0 saturated carbocycles. The molecule has 0 aromatic carbocycles. The van der Waals surface area contributed by atoms with Crippen LogP contribution in [0.1, 0.15) is 383 Å². The van der Waals surface area contributed by atoms with Crippen LogP contribution in [-0.2, 0) is 65.4 Å². The van der Waals surface area contributed by atoms with Crippen LogP contribution in [0.5, 0.6) is 0 Å². The van der Waals surface area contributed by atoms with E-state index < -0.39 is 97.5 Å². The van der Waals surface area contributed by atoms with Crippen LogP contribution in [0.2, 0.25) is 0 Å². The number of phosphoric ester groups is 2. The molecule has 3 N–H and O–H groups in total. The average Bonchev–Trinajstić information content (AvgIpc) is 1.59. The molecule has 0 bridgehead atoms. The summed E-state index contributed by atoms with van der Waals surface area (Å²) in [6.45, 7) is 14.2. The quantitative estimate of drug-likeness (QED) is 0.0222. The van der Waals surface area contributed by atoms with Gasteiger partial charge in [-0.2, -0.15) is 0 Å². The molecule has 0 saturated heterocycles. The maximum Gasteiger partial charge on any atom is 0.472 e. The van der Waals surface area contributed by atoms with Gasteiger partial charge in [0.25, 0.3) is 0 Å². The number of carbonyl (C=O) groups is 4. The summed E-state index contributed by atoms with van der Waals surface area (Å²) < 4.78 is 68.5. The fourth-order valence-electron chi connectivity index (χ4n) is 11.6. The Labute approximate surface area is 581 Å². The highest BCUT2D eigenvalue weighted by molar-refractivity contribution is 7.47. The third kappa shape index (κ3) is 70.3. The van der Waals surface area contributed by atoms with Gasteiger partial charge in [0, 0.05) is 25.7 Å². The van der Waals surface area contributed by atoms with Gasteiger partial charge in [-0.3, -0.25) is 37.3 Å². The number of carbonyl (C=O) groups excluding carboxylic acids is 4. The van der Waals surface area contributed by atoms with E-state index >= 15 is 0 Å². The monoisotopic (exact) mass is 1400 g/mol. The van der Waals surface area contributed by atoms with Crippen molar-refractivity contribution in [2.24, 2.45) is 23.7 Å². The van der Waals surface area contributed by atoms with Gasteiger partial charge >= 0.3 is 39.5 Å². The molecule has 0 rings (SSSR count). The van der Waals surface area contributed by atoms with Crippen LogP contribution in [0, 0.1) is 23.7 Å². The van der Waals surface area contributed by atoms with Crippen molar-refractivity contribution in [3.05, 3.63) is 0 Å². The number of unbranched alkanes of at least 4 members (excludes halogenated alkanes) is 39. The summed E-state index contributed by atoms with van der Waals surface area (Å²) in [5.41, 5.74) is 0. The lowest BCUT2D eigenvalue weighted by atomic mass is 10.0. The van der Waals surface area contributed by atoms with Gasteiger partial charge in [0.2, 0.25) is 0 Å². The van der Waals surface area contributed by atoms with Gasteiger partial charge < -0.3 is 33.8 Å². The van der Waals surface area contributed by atoms with Gasteiger partial charge in [-0.05, 0) is 49.4 Å². The minimum atomic E-state index is -4.96. The minimum absolute atomic E-state index is 0.105. The van der Waals surface area contributed by atoms with Crippen LogP contribution in [0.25, 0.3) is 0 Å². The second kappa shape index (κ2) is 65.4. The molecule has 0 radical (unpaired) electrons. The summed E-state index contributed by atoms with van der Waals surface area (Å²) in [7, 11) is -9.91. The van der Waals surface area contributed by atoms with E-state index in [9.17, 15) is 43.2 Å². The second-order valence-corrected chi connectivity index (χ2v) is 32.2. The molecule has 0 spiro atoms. The van der Waals surface area contributed by atoms with Crippen molar-refractivity contribution in [1.29, 1.82) is 0 Å². The Hall–Kier alpha value is -1.94. The average molecular weight is 1400 g/mol. The van der Waals surface area contributed by atoms with Crippen LogP contribution in [0.4, 0.5) is 0 Å². The Morgan fingerprint density at radius 2 is 0.442 bits per heavy atom. The molecule has 0 aromatic rings. The highest BCUT2D eigenvalue weighted by Gasteiger charge is 2.30. The number of rotatable bonds is 73. The van der Waals surface area contributed by atoms with Gasteiger partial charge in [-0.25, -0.2) is 9.13 Å². The first-order valence-electron chi connectivity index (χ1n) is 39.2. The van der Waals surface area contributed by atoms with Gasteiger partial charge in [-0.15, -0.1) is 0 Å². The zero-order valence-electron chi connectivity index (χ0n) is 62.3. The molecule has 0 aliphatic carbocycles. The SMILES string of the molecule is CC(C)CCCCCCCCCCCCCCCC(=O)OC[C@H](COP(=O)(O)OCC(O)COP(=O)(O)OC[C@@H](COC(=O)CCCCCCCCCCC(C)C)OC(=O)CCCCCCCCCCCCC(C)C)OC(=O)CCCCCCCCCCCCCCC(C)C. The summed E-state index contributed by atoms with van der Waals surface area (Å²) in [6.07, 6.45) is 49.9. The lowest BCUT2D eigenvalue weighted by Crippen LogP contribution is -2.30. The number of aliphatic hydroxyl groups excluding tert-OH is 1. The van der Waals surface area contributed by atoms with Gasteiger partial charge in [0.15, 0.2) is 12.2 Å². The fourth-order valence-corrected chi connectivity index (χ4v) is 13.1. The van der Waals surface area contributed by atoms with E-state index in [1.54, 1.807) is 0 Å². The van der Waals surface area contributed by atoms with Crippen LogP contribution in [-0.4, -0.2) is 96.7 Å². The first-order chi connectivity index (χ1) is 45.6. The molecular formula is C76H148O17P2. The molecule has 3 unspecified atom stereocenters. The molecule has 0 heterocycles. The Morgan fingerprint density at radius 1 is 0.263 bits per heavy atom. The Balaban J connectivity index is 5.26. The number of phosphoric acid groups is 2. The lowest BCUT2D eigenvalue weighted by Gasteiger charge is -2.21. The molecule has 19 heteroatoms. The van der Waals surface area contributed by atoms with E-state index in [0.29, 0.717) is 25.7 Å². The molecule has 0 aromatic heterocycles. The Bertz CT molecular complexity index is 1870. The van der Waals surface area contributed by atoms with E-state index in [1.165, 1.54) is 186 Å². The minimum Gasteiger partial charge on any atom is -0.462 e. The highest BCUT2D eigenvalue weighted by atomic mass is 31.2. The molecule has 17 nitrogen and oxygen atoms in total. The van der Waals surface area contributed by atoms with E-state index in [1.807, 2.05) is 0 Å². The van der Waals surface area contributed by atoms with Crippen molar-refractivity contribution in [2.75, 3.05) is 39.6 Å². The molecule has 0 fully saturated rings. The maximum atomic E-state index is 13.1. The van der Waals surface area contributed by atoms with Crippen molar-refractivity contribution < 1.29 is 80.2 Å². The van der Waals surface area contributed by atoms with Gasteiger partial charge in [-0.1, -0.05) is 331 Å². The predicted molar refractivity (Wildman–Crippen MR) is 386 cm³/mol. The van der Waals surface area contributed by atoms with Gasteiger partial charge in [0.05, 0.1) is 26.4 Å². The third-order valence-electron chi connectivity index (χ3n) is 17.6. The standard InChI is InChI=1S/C76H148O17P2/c1-66(2)52-44-36-28-20-14-10-9-11-16-23-32-40-48-56-73(78)86-62-71(92-75(80)58-50-42-34-24-17-13-12-15-21-29-37-45-53-67(3)4)64-90-94(82,83)88-60-70(77)61-89-95(84,85)91-65-72(63-87-74(79)57-49-41-33-27-26-31-39-47-55-69(7)8)93-76(81)59-51-43-35-25-19-18-22-30-38-46-54-68(5)6/h66-72,77H,9-65H2,1-8H3,(H,82,83)(H,84,85)/t70?,71-,72-/m1/s1. The molecular weight excluding hydrogens is 1250 g/mol. The smallest absolute Gasteiger partial charge is 0.462 e. The number of hydrogen-bond acceptors (Lipinski definition) is 15. The molecule has 564 valence electrons. The van der Waals surface area contributed by atoms with Crippen LogP contribution < -0.4 is 0 Å². The zero-order chi connectivity index (χ0) is 70.3. The number of aliphatic hydroxyl groups is 1. The van der Waals surface area contributed by atoms with E-state index in [0.717, 1.165) is 114 Å².